The van der Waals surface area contributed by atoms with Crippen LogP contribution in [-0.4, -0.2) is 28.1 Å². The van der Waals surface area contributed by atoms with E-state index >= 15 is 0 Å². The van der Waals surface area contributed by atoms with Gasteiger partial charge in [0.1, 0.15) is 0 Å². The summed E-state index contributed by atoms with van der Waals surface area (Å²) >= 11 is 0. The average Bonchev–Trinajstić information content (AvgIpc) is 2.53. The molecule has 0 aliphatic carbocycles. The summed E-state index contributed by atoms with van der Waals surface area (Å²) in [5.41, 5.74) is 2.07. The molecule has 0 fully saturated rings. The van der Waals surface area contributed by atoms with Gasteiger partial charge < -0.3 is 5.32 Å². The summed E-state index contributed by atoms with van der Waals surface area (Å²) in [6.45, 7) is 3.82. The maximum Gasteiger partial charge on any atom is 0.240 e. The molecule has 4 nitrogen and oxygen atoms in total. The Kier molecular flexibility index (Phi) is 5.50. The standard InChI is InChI=1S/C16H20N2O2S/c1-2-17-12-13-18-21(19,20)16-10-8-15(9-11-16)14-6-4-3-5-7-14/h3-11,17-18H,2,12-13H2,1H3. The Morgan fingerprint density at radius 3 is 2.10 bits per heavy atom. The highest BCUT2D eigenvalue weighted by molar-refractivity contribution is 7.89. The normalized spacial score (nSPS) is 11.5. The summed E-state index contributed by atoms with van der Waals surface area (Å²) in [4.78, 5) is 0.290. The van der Waals surface area contributed by atoms with Crippen molar-refractivity contribution in [2.75, 3.05) is 19.6 Å². The third kappa shape index (κ3) is 4.39. The summed E-state index contributed by atoms with van der Waals surface area (Å²) in [6.07, 6.45) is 0. The summed E-state index contributed by atoms with van der Waals surface area (Å²) in [7, 11) is -3.43. The Bertz CT molecular complexity index is 652. The molecule has 0 amide bonds. The van der Waals surface area contributed by atoms with E-state index in [0.29, 0.717) is 18.0 Å². The number of sulfonamides is 1. The predicted octanol–water partition coefficient (Wildman–Crippen LogP) is 2.24. The van der Waals surface area contributed by atoms with Gasteiger partial charge in [-0.25, -0.2) is 13.1 Å². The molecule has 0 aliphatic rings. The van der Waals surface area contributed by atoms with Crippen LogP contribution in [0.3, 0.4) is 0 Å². The van der Waals surface area contributed by atoms with E-state index in [1.807, 2.05) is 49.4 Å². The average molecular weight is 304 g/mol. The first-order chi connectivity index (χ1) is 10.1. The molecule has 112 valence electrons. The van der Waals surface area contributed by atoms with Gasteiger partial charge in [0.25, 0.3) is 0 Å². The zero-order chi connectivity index (χ0) is 15.1. The second-order valence-corrected chi connectivity index (χ2v) is 6.41. The van der Waals surface area contributed by atoms with Crippen molar-refractivity contribution < 1.29 is 8.42 Å². The van der Waals surface area contributed by atoms with Crippen LogP contribution in [0.1, 0.15) is 6.92 Å². The van der Waals surface area contributed by atoms with Crippen LogP contribution in [0.2, 0.25) is 0 Å². The van der Waals surface area contributed by atoms with Crippen molar-refractivity contribution in [2.24, 2.45) is 0 Å². The smallest absolute Gasteiger partial charge is 0.240 e. The van der Waals surface area contributed by atoms with Gasteiger partial charge in [-0.05, 0) is 29.8 Å². The van der Waals surface area contributed by atoms with Gasteiger partial charge in [-0.3, -0.25) is 0 Å². The molecule has 2 rings (SSSR count). The molecule has 2 aromatic rings. The first-order valence-corrected chi connectivity index (χ1v) is 8.47. The van der Waals surface area contributed by atoms with Crippen LogP contribution in [0.15, 0.2) is 59.5 Å². The van der Waals surface area contributed by atoms with Crippen LogP contribution in [0.5, 0.6) is 0 Å². The summed E-state index contributed by atoms with van der Waals surface area (Å²) in [5, 5.41) is 3.08. The zero-order valence-electron chi connectivity index (χ0n) is 12.0. The van der Waals surface area contributed by atoms with Crippen LogP contribution in [-0.2, 0) is 10.0 Å². The van der Waals surface area contributed by atoms with Crippen LogP contribution in [0, 0.1) is 0 Å². The van der Waals surface area contributed by atoms with Crippen LogP contribution >= 0.6 is 0 Å². The maximum atomic E-state index is 12.1. The minimum Gasteiger partial charge on any atom is -0.316 e. The topological polar surface area (TPSA) is 58.2 Å². The largest absolute Gasteiger partial charge is 0.316 e. The Labute approximate surface area is 126 Å². The quantitative estimate of drug-likeness (QED) is 0.771. The fraction of sp³-hybridized carbons (Fsp3) is 0.250. The van der Waals surface area contributed by atoms with Gasteiger partial charge in [-0.15, -0.1) is 0 Å². The van der Waals surface area contributed by atoms with Crippen molar-refractivity contribution in [3.63, 3.8) is 0 Å². The van der Waals surface area contributed by atoms with E-state index in [1.54, 1.807) is 12.1 Å². The van der Waals surface area contributed by atoms with E-state index in [2.05, 4.69) is 10.0 Å². The molecular weight excluding hydrogens is 284 g/mol. The Morgan fingerprint density at radius 2 is 1.48 bits per heavy atom. The lowest BCUT2D eigenvalue weighted by Crippen LogP contribution is -2.31. The third-order valence-electron chi connectivity index (χ3n) is 3.12. The van der Waals surface area contributed by atoms with Gasteiger partial charge in [0.15, 0.2) is 0 Å². The molecule has 0 aliphatic heterocycles. The van der Waals surface area contributed by atoms with Crippen molar-refractivity contribution in [1.82, 2.24) is 10.0 Å². The Balaban J connectivity index is 2.08. The van der Waals surface area contributed by atoms with Gasteiger partial charge in [-0.2, -0.15) is 0 Å². The molecule has 21 heavy (non-hydrogen) atoms. The Morgan fingerprint density at radius 1 is 0.857 bits per heavy atom. The van der Waals surface area contributed by atoms with E-state index < -0.39 is 10.0 Å². The van der Waals surface area contributed by atoms with Crippen molar-refractivity contribution in [2.45, 2.75) is 11.8 Å². The second-order valence-electron chi connectivity index (χ2n) is 4.64. The van der Waals surface area contributed by atoms with Gasteiger partial charge in [0.2, 0.25) is 10.0 Å². The monoisotopic (exact) mass is 304 g/mol. The minimum absolute atomic E-state index is 0.290. The van der Waals surface area contributed by atoms with Crippen LogP contribution in [0.4, 0.5) is 0 Å². The third-order valence-corrected chi connectivity index (χ3v) is 4.59. The van der Waals surface area contributed by atoms with Crippen LogP contribution in [0.25, 0.3) is 11.1 Å². The number of benzene rings is 2. The molecule has 2 N–H and O–H groups in total. The molecule has 0 saturated carbocycles. The fourth-order valence-corrected chi connectivity index (χ4v) is 3.02. The number of likely N-dealkylation sites (N-methyl/N-ethyl adjacent to an activating group) is 1. The maximum absolute atomic E-state index is 12.1. The highest BCUT2D eigenvalue weighted by Crippen LogP contribution is 2.20. The lowest BCUT2D eigenvalue weighted by atomic mass is 10.1. The van der Waals surface area contributed by atoms with Crippen molar-refractivity contribution >= 4 is 10.0 Å². The molecule has 2 aromatic carbocycles. The molecule has 0 bridgehead atoms. The molecule has 0 atom stereocenters. The highest BCUT2D eigenvalue weighted by Gasteiger charge is 2.12. The van der Waals surface area contributed by atoms with Gasteiger partial charge in [-0.1, -0.05) is 49.4 Å². The first-order valence-electron chi connectivity index (χ1n) is 6.99. The van der Waals surface area contributed by atoms with E-state index in [9.17, 15) is 8.42 Å². The molecule has 0 unspecified atom stereocenters. The van der Waals surface area contributed by atoms with E-state index in [4.69, 9.17) is 0 Å². The number of rotatable bonds is 7. The minimum atomic E-state index is -3.43. The SMILES string of the molecule is CCNCCNS(=O)(=O)c1ccc(-c2ccccc2)cc1. The van der Waals surface area contributed by atoms with E-state index in [-0.39, 0.29) is 0 Å². The van der Waals surface area contributed by atoms with Crippen molar-refractivity contribution in [3.05, 3.63) is 54.6 Å². The van der Waals surface area contributed by atoms with Crippen LogP contribution < -0.4 is 10.0 Å². The zero-order valence-corrected chi connectivity index (χ0v) is 12.9. The second kappa shape index (κ2) is 7.36. The van der Waals surface area contributed by atoms with Gasteiger partial charge >= 0.3 is 0 Å². The van der Waals surface area contributed by atoms with E-state index in [1.165, 1.54) is 0 Å². The Hall–Kier alpha value is -1.69. The predicted molar refractivity (Wildman–Crippen MR) is 85.6 cm³/mol. The highest BCUT2D eigenvalue weighted by atomic mass is 32.2. The molecular formula is C16H20N2O2S. The molecule has 0 radical (unpaired) electrons. The van der Waals surface area contributed by atoms with Crippen molar-refractivity contribution in [1.29, 1.82) is 0 Å². The van der Waals surface area contributed by atoms with Crippen molar-refractivity contribution in [3.8, 4) is 11.1 Å². The summed E-state index contributed by atoms with van der Waals surface area (Å²) in [5.74, 6) is 0. The molecule has 0 aromatic heterocycles. The number of nitrogens with one attached hydrogen (secondary N) is 2. The number of hydrogen-bond donors (Lipinski definition) is 2. The summed E-state index contributed by atoms with van der Waals surface area (Å²) < 4.78 is 26.8. The summed E-state index contributed by atoms with van der Waals surface area (Å²) in [6, 6.07) is 16.8. The number of hydrogen-bond acceptors (Lipinski definition) is 3. The van der Waals surface area contributed by atoms with Gasteiger partial charge in [0.05, 0.1) is 4.90 Å². The molecule has 5 heteroatoms. The first kappa shape index (κ1) is 15.7. The molecule has 0 saturated heterocycles. The van der Waals surface area contributed by atoms with E-state index in [0.717, 1.165) is 17.7 Å². The molecule has 0 heterocycles. The lowest BCUT2D eigenvalue weighted by Gasteiger charge is -2.08. The molecule has 0 spiro atoms. The lowest BCUT2D eigenvalue weighted by molar-refractivity contribution is 0.577. The fourth-order valence-electron chi connectivity index (χ4n) is 1.99. The van der Waals surface area contributed by atoms with Gasteiger partial charge in [0, 0.05) is 13.1 Å².